The zero-order chi connectivity index (χ0) is 11.8. The molecule has 0 amide bonds. The van der Waals surface area contributed by atoms with Gasteiger partial charge in [0.15, 0.2) is 0 Å². The number of thiazole rings is 1. The number of hydrogen-bond donors (Lipinski definition) is 1. The van der Waals surface area contributed by atoms with Crippen molar-refractivity contribution in [2.75, 3.05) is 5.73 Å². The molecular formula is C13H15N3S. The van der Waals surface area contributed by atoms with Crippen LogP contribution in [0.3, 0.4) is 0 Å². The molecule has 3 rings (SSSR count). The molecule has 2 heterocycles. The zero-order valence-corrected chi connectivity index (χ0v) is 10.6. The highest BCUT2D eigenvalue weighted by atomic mass is 32.1. The highest BCUT2D eigenvalue weighted by Gasteiger charge is 2.19. The first-order chi connectivity index (χ1) is 8.20. The summed E-state index contributed by atoms with van der Waals surface area (Å²) in [6.45, 7) is 4.97. The van der Waals surface area contributed by atoms with Crippen molar-refractivity contribution in [3.05, 3.63) is 45.4 Å². The number of aryl methyl sites for hydroxylation is 1. The Kier molecular flexibility index (Phi) is 2.61. The lowest BCUT2D eigenvalue weighted by Gasteiger charge is -2.12. The molecule has 0 bridgehead atoms. The van der Waals surface area contributed by atoms with Gasteiger partial charge >= 0.3 is 0 Å². The van der Waals surface area contributed by atoms with Gasteiger partial charge in [0.1, 0.15) is 0 Å². The molecule has 0 unspecified atom stereocenters. The first-order valence-electron chi connectivity index (χ1n) is 5.71. The summed E-state index contributed by atoms with van der Waals surface area (Å²) in [6.07, 6.45) is 0. The minimum atomic E-state index is 0.857. The van der Waals surface area contributed by atoms with Crippen LogP contribution in [-0.2, 0) is 19.6 Å². The Bertz CT molecular complexity index is 545. The molecule has 0 saturated carbocycles. The van der Waals surface area contributed by atoms with E-state index in [-0.39, 0.29) is 0 Å². The van der Waals surface area contributed by atoms with Gasteiger partial charge in [-0.3, -0.25) is 4.90 Å². The molecule has 1 aromatic carbocycles. The lowest BCUT2D eigenvalue weighted by molar-refractivity contribution is 0.272. The van der Waals surface area contributed by atoms with Crippen LogP contribution in [0.25, 0.3) is 0 Å². The standard InChI is InChI=1S/C13H15N3S/c1-9-15-13(8-17-9)7-16-5-10-2-3-12(14)4-11(10)6-16/h2-4,8H,5-7,14H2,1H3. The number of fused-ring (bicyclic) bond motifs is 1. The highest BCUT2D eigenvalue weighted by Crippen LogP contribution is 2.26. The lowest BCUT2D eigenvalue weighted by atomic mass is 10.1. The van der Waals surface area contributed by atoms with Crippen molar-refractivity contribution >= 4 is 17.0 Å². The Morgan fingerprint density at radius 2 is 2.18 bits per heavy atom. The molecule has 0 atom stereocenters. The first-order valence-corrected chi connectivity index (χ1v) is 6.59. The van der Waals surface area contributed by atoms with Gasteiger partial charge in [-0.15, -0.1) is 11.3 Å². The fraction of sp³-hybridized carbons (Fsp3) is 0.308. The summed E-state index contributed by atoms with van der Waals surface area (Å²) >= 11 is 1.72. The number of rotatable bonds is 2. The summed E-state index contributed by atoms with van der Waals surface area (Å²) in [5.41, 5.74) is 10.6. The van der Waals surface area contributed by atoms with Crippen molar-refractivity contribution in [2.24, 2.45) is 0 Å². The van der Waals surface area contributed by atoms with E-state index in [4.69, 9.17) is 5.73 Å². The Labute approximate surface area is 105 Å². The summed E-state index contributed by atoms with van der Waals surface area (Å²) in [6, 6.07) is 6.20. The molecule has 0 aliphatic carbocycles. The molecule has 0 radical (unpaired) electrons. The summed E-state index contributed by atoms with van der Waals surface area (Å²) in [5, 5.41) is 3.29. The number of hydrogen-bond acceptors (Lipinski definition) is 4. The average Bonchev–Trinajstić information content (AvgIpc) is 2.84. The number of nitrogens with two attached hydrogens (primary N) is 1. The van der Waals surface area contributed by atoms with Crippen molar-refractivity contribution in [1.82, 2.24) is 9.88 Å². The lowest BCUT2D eigenvalue weighted by Crippen LogP contribution is -2.15. The largest absolute Gasteiger partial charge is 0.399 e. The van der Waals surface area contributed by atoms with E-state index in [1.54, 1.807) is 11.3 Å². The van der Waals surface area contributed by atoms with Gasteiger partial charge in [-0.2, -0.15) is 0 Å². The molecule has 1 aromatic heterocycles. The molecule has 1 aliphatic rings. The van der Waals surface area contributed by atoms with Gasteiger partial charge in [-0.1, -0.05) is 6.07 Å². The maximum atomic E-state index is 5.80. The molecule has 0 saturated heterocycles. The van der Waals surface area contributed by atoms with E-state index < -0.39 is 0 Å². The van der Waals surface area contributed by atoms with Gasteiger partial charge < -0.3 is 5.73 Å². The zero-order valence-electron chi connectivity index (χ0n) is 9.81. The van der Waals surface area contributed by atoms with Crippen molar-refractivity contribution in [2.45, 2.75) is 26.6 Å². The Morgan fingerprint density at radius 1 is 1.35 bits per heavy atom. The van der Waals surface area contributed by atoms with Crippen molar-refractivity contribution in [3.63, 3.8) is 0 Å². The Hall–Kier alpha value is -1.39. The monoisotopic (exact) mass is 245 g/mol. The second-order valence-electron chi connectivity index (χ2n) is 4.53. The van der Waals surface area contributed by atoms with Gasteiger partial charge in [0.2, 0.25) is 0 Å². The summed E-state index contributed by atoms with van der Waals surface area (Å²) in [5.74, 6) is 0. The van der Waals surface area contributed by atoms with Crippen molar-refractivity contribution in [3.8, 4) is 0 Å². The van der Waals surface area contributed by atoms with Crippen LogP contribution in [0.15, 0.2) is 23.6 Å². The summed E-state index contributed by atoms with van der Waals surface area (Å²) < 4.78 is 0. The van der Waals surface area contributed by atoms with E-state index in [1.807, 2.05) is 13.0 Å². The average molecular weight is 245 g/mol. The van der Waals surface area contributed by atoms with Crippen LogP contribution in [0.5, 0.6) is 0 Å². The number of anilines is 1. The fourth-order valence-electron chi connectivity index (χ4n) is 2.31. The predicted octanol–water partition coefficient (Wildman–Crippen LogP) is 2.55. The van der Waals surface area contributed by atoms with E-state index in [0.29, 0.717) is 0 Å². The Morgan fingerprint density at radius 3 is 2.94 bits per heavy atom. The van der Waals surface area contributed by atoms with Crippen LogP contribution < -0.4 is 5.73 Å². The van der Waals surface area contributed by atoms with Crippen LogP contribution >= 0.6 is 11.3 Å². The molecule has 0 fully saturated rings. The number of nitrogens with zero attached hydrogens (tertiary/aromatic N) is 2. The summed E-state index contributed by atoms with van der Waals surface area (Å²) in [7, 11) is 0. The minimum absolute atomic E-state index is 0.857. The molecule has 2 N–H and O–H groups in total. The van der Waals surface area contributed by atoms with Gasteiger partial charge in [0, 0.05) is 30.7 Å². The second-order valence-corrected chi connectivity index (χ2v) is 5.59. The molecule has 0 spiro atoms. The van der Waals surface area contributed by atoms with Crippen molar-refractivity contribution < 1.29 is 0 Å². The SMILES string of the molecule is Cc1nc(CN2Cc3ccc(N)cc3C2)cs1. The smallest absolute Gasteiger partial charge is 0.0897 e. The molecule has 2 aromatic rings. The van der Waals surface area contributed by atoms with E-state index >= 15 is 0 Å². The molecule has 17 heavy (non-hydrogen) atoms. The van der Waals surface area contributed by atoms with Crippen LogP contribution in [-0.4, -0.2) is 9.88 Å². The number of nitrogen functional groups attached to an aromatic ring is 1. The quantitative estimate of drug-likeness (QED) is 0.827. The van der Waals surface area contributed by atoms with Crippen molar-refractivity contribution in [1.29, 1.82) is 0 Å². The molecule has 4 heteroatoms. The first kappa shape index (κ1) is 10.7. The van der Waals surface area contributed by atoms with E-state index in [0.717, 1.165) is 30.3 Å². The molecule has 88 valence electrons. The molecule has 1 aliphatic heterocycles. The molecule has 3 nitrogen and oxygen atoms in total. The normalized spacial score (nSPS) is 15.1. The van der Waals surface area contributed by atoms with Crippen LogP contribution in [0.1, 0.15) is 21.8 Å². The predicted molar refractivity (Wildman–Crippen MR) is 70.7 cm³/mol. The second kappa shape index (κ2) is 4.13. The number of aromatic nitrogens is 1. The third kappa shape index (κ3) is 2.18. The molecular weight excluding hydrogens is 230 g/mol. The third-order valence-corrected chi connectivity index (χ3v) is 3.89. The fourth-order valence-corrected chi connectivity index (χ4v) is 2.91. The maximum absolute atomic E-state index is 5.80. The maximum Gasteiger partial charge on any atom is 0.0897 e. The van der Waals surface area contributed by atoms with Crippen LogP contribution in [0.4, 0.5) is 5.69 Å². The minimum Gasteiger partial charge on any atom is -0.399 e. The van der Waals surface area contributed by atoms with Crippen LogP contribution in [0, 0.1) is 6.92 Å². The topological polar surface area (TPSA) is 42.2 Å². The van der Waals surface area contributed by atoms with Gasteiger partial charge in [-0.05, 0) is 30.2 Å². The van der Waals surface area contributed by atoms with Crippen LogP contribution in [0.2, 0.25) is 0 Å². The Balaban J connectivity index is 1.74. The summed E-state index contributed by atoms with van der Waals surface area (Å²) in [4.78, 5) is 6.91. The number of benzene rings is 1. The van der Waals surface area contributed by atoms with E-state index in [2.05, 4.69) is 27.4 Å². The van der Waals surface area contributed by atoms with E-state index in [1.165, 1.54) is 16.8 Å². The van der Waals surface area contributed by atoms with Gasteiger partial charge in [-0.25, -0.2) is 4.98 Å². The highest BCUT2D eigenvalue weighted by molar-refractivity contribution is 7.09. The van der Waals surface area contributed by atoms with Gasteiger partial charge in [0.05, 0.1) is 10.7 Å². The van der Waals surface area contributed by atoms with Gasteiger partial charge in [0.25, 0.3) is 0 Å². The van der Waals surface area contributed by atoms with E-state index in [9.17, 15) is 0 Å². The third-order valence-electron chi connectivity index (χ3n) is 3.07.